The Labute approximate surface area is 106 Å². The fourth-order valence-electron chi connectivity index (χ4n) is 1.37. The van der Waals surface area contributed by atoms with Crippen molar-refractivity contribution < 1.29 is 19.4 Å². The van der Waals surface area contributed by atoms with E-state index in [9.17, 15) is 9.59 Å². The van der Waals surface area contributed by atoms with Gasteiger partial charge in [-0.2, -0.15) is 0 Å². The van der Waals surface area contributed by atoms with Crippen molar-refractivity contribution in [3.05, 3.63) is 29.8 Å². The Kier molecular flexibility index (Phi) is 5.17. The van der Waals surface area contributed by atoms with Crippen molar-refractivity contribution in [2.75, 3.05) is 13.2 Å². The highest BCUT2D eigenvalue weighted by molar-refractivity contribution is 6.31. The van der Waals surface area contributed by atoms with Crippen LogP contribution in [0.15, 0.2) is 24.3 Å². The first-order valence-electron chi connectivity index (χ1n) is 5.74. The number of ether oxygens (including phenoxy) is 1. The lowest BCUT2D eigenvalue weighted by Crippen LogP contribution is -2.33. The summed E-state index contributed by atoms with van der Waals surface area (Å²) in [4.78, 5) is 21.0. The van der Waals surface area contributed by atoms with E-state index < -0.39 is 11.9 Å². The second-order valence-electron chi connectivity index (χ2n) is 4.14. The van der Waals surface area contributed by atoms with Gasteiger partial charge in [-0.05, 0) is 23.6 Å². The average Bonchev–Trinajstić information content (AvgIpc) is 2.34. The number of carboxylic acids is 1. The second kappa shape index (κ2) is 6.64. The van der Waals surface area contributed by atoms with Crippen LogP contribution in [-0.4, -0.2) is 30.1 Å². The Balaban J connectivity index is 2.38. The summed E-state index contributed by atoms with van der Waals surface area (Å²) >= 11 is 0. The summed E-state index contributed by atoms with van der Waals surface area (Å²) in [5.74, 6) is -1.38. The molecule has 0 unspecified atom stereocenters. The molecule has 1 rings (SSSR count). The van der Waals surface area contributed by atoms with Gasteiger partial charge in [-0.3, -0.25) is 4.79 Å². The highest BCUT2D eigenvalue weighted by Gasteiger charge is 2.09. The highest BCUT2D eigenvalue weighted by Crippen LogP contribution is 2.19. The third-order valence-electron chi connectivity index (χ3n) is 2.38. The van der Waals surface area contributed by atoms with Crippen LogP contribution < -0.4 is 10.1 Å². The van der Waals surface area contributed by atoms with E-state index in [2.05, 4.69) is 19.2 Å². The summed E-state index contributed by atoms with van der Waals surface area (Å²) in [7, 11) is 0. The van der Waals surface area contributed by atoms with Crippen LogP contribution in [0.3, 0.4) is 0 Å². The molecule has 0 aliphatic heterocycles. The fraction of sp³-hybridized carbons (Fsp3) is 0.385. The van der Waals surface area contributed by atoms with Gasteiger partial charge in [0.05, 0.1) is 6.54 Å². The number of aliphatic carboxylic acids is 1. The summed E-state index contributed by atoms with van der Waals surface area (Å²) in [5.41, 5.74) is 1.17. The normalized spacial score (nSPS) is 10.2. The molecule has 0 fully saturated rings. The molecule has 18 heavy (non-hydrogen) atoms. The topological polar surface area (TPSA) is 75.6 Å². The number of benzene rings is 1. The summed E-state index contributed by atoms with van der Waals surface area (Å²) in [6, 6.07) is 7.68. The van der Waals surface area contributed by atoms with E-state index in [1.54, 1.807) is 0 Å². The van der Waals surface area contributed by atoms with E-state index in [4.69, 9.17) is 9.84 Å². The zero-order valence-corrected chi connectivity index (χ0v) is 10.5. The molecule has 0 bridgehead atoms. The average molecular weight is 251 g/mol. The summed E-state index contributed by atoms with van der Waals surface area (Å²) < 4.78 is 5.42. The predicted molar refractivity (Wildman–Crippen MR) is 66.7 cm³/mol. The molecule has 0 heterocycles. The van der Waals surface area contributed by atoms with Gasteiger partial charge >= 0.3 is 11.9 Å². The minimum Gasteiger partial charge on any atom is -0.492 e. The number of hydrogen-bond acceptors (Lipinski definition) is 3. The molecule has 1 amide bonds. The van der Waals surface area contributed by atoms with E-state index >= 15 is 0 Å². The van der Waals surface area contributed by atoms with E-state index in [-0.39, 0.29) is 13.2 Å². The summed E-state index contributed by atoms with van der Waals surface area (Å²) in [5, 5.41) is 10.6. The van der Waals surface area contributed by atoms with Crippen LogP contribution in [0.4, 0.5) is 0 Å². The molecule has 0 saturated heterocycles. The molecule has 5 heteroatoms. The molecular formula is C13H17NO4. The molecule has 0 aromatic heterocycles. The van der Waals surface area contributed by atoms with Gasteiger partial charge in [0, 0.05) is 0 Å². The van der Waals surface area contributed by atoms with Crippen LogP contribution in [0.25, 0.3) is 0 Å². The van der Waals surface area contributed by atoms with Crippen LogP contribution in [0.2, 0.25) is 0 Å². The van der Waals surface area contributed by atoms with Gasteiger partial charge in [0.25, 0.3) is 0 Å². The lowest BCUT2D eigenvalue weighted by Gasteiger charge is -2.10. The molecule has 1 aromatic rings. The van der Waals surface area contributed by atoms with Crippen LogP contribution in [-0.2, 0) is 9.59 Å². The van der Waals surface area contributed by atoms with Crippen molar-refractivity contribution in [2.45, 2.75) is 19.8 Å². The molecule has 0 aliphatic carbocycles. The van der Waals surface area contributed by atoms with Gasteiger partial charge in [-0.15, -0.1) is 0 Å². The molecule has 2 N–H and O–H groups in total. The lowest BCUT2D eigenvalue weighted by atomic mass is 10.0. The third-order valence-corrected chi connectivity index (χ3v) is 2.38. The summed E-state index contributed by atoms with van der Waals surface area (Å²) in [6.07, 6.45) is 0. The molecule has 5 nitrogen and oxygen atoms in total. The minimum absolute atomic E-state index is 0.164. The Bertz CT molecular complexity index is 429. The van der Waals surface area contributed by atoms with E-state index in [1.165, 1.54) is 5.56 Å². The number of rotatable bonds is 5. The first-order valence-corrected chi connectivity index (χ1v) is 5.74. The molecule has 1 aromatic carbocycles. The maximum absolute atomic E-state index is 10.7. The molecule has 0 radical (unpaired) electrons. The van der Waals surface area contributed by atoms with Crippen molar-refractivity contribution in [2.24, 2.45) is 0 Å². The van der Waals surface area contributed by atoms with Crippen molar-refractivity contribution in [3.63, 3.8) is 0 Å². The number of carbonyl (C=O) groups is 2. The SMILES string of the molecule is CC(C)c1cccc(OCCNC(=O)C(=O)O)c1. The highest BCUT2D eigenvalue weighted by atomic mass is 16.5. The number of carboxylic acid groups (broad SMARTS) is 1. The standard InChI is InChI=1S/C13H17NO4/c1-9(2)10-4-3-5-11(8-10)18-7-6-14-12(15)13(16)17/h3-5,8-9H,6-7H2,1-2H3,(H,14,15)(H,16,17). The van der Waals surface area contributed by atoms with Crippen LogP contribution in [0.1, 0.15) is 25.3 Å². The van der Waals surface area contributed by atoms with Gasteiger partial charge in [0.15, 0.2) is 0 Å². The van der Waals surface area contributed by atoms with Crippen molar-refractivity contribution in [1.82, 2.24) is 5.32 Å². The summed E-state index contributed by atoms with van der Waals surface area (Å²) in [6.45, 7) is 4.58. The molecular weight excluding hydrogens is 234 g/mol. The van der Waals surface area contributed by atoms with E-state index in [0.717, 1.165) is 0 Å². The number of hydrogen-bond donors (Lipinski definition) is 2. The third kappa shape index (κ3) is 4.45. The smallest absolute Gasteiger partial charge is 0.394 e. The Morgan fingerprint density at radius 3 is 2.72 bits per heavy atom. The number of nitrogens with one attached hydrogen (secondary N) is 1. The monoisotopic (exact) mass is 251 g/mol. The van der Waals surface area contributed by atoms with Gasteiger partial charge in [0.1, 0.15) is 12.4 Å². The molecule has 98 valence electrons. The molecule has 0 aliphatic rings. The maximum Gasteiger partial charge on any atom is 0.394 e. The maximum atomic E-state index is 10.7. The van der Waals surface area contributed by atoms with Crippen LogP contribution >= 0.6 is 0 Å². The molecule has 0 spiro atoms. The fourth-order valence-corrected chi connectivity index (χ4v) is 1.37. The largest absolute Gasteiger partial charge is 0.492 e. The lowest BCUT2D eigenvalue weighted by molar-refractivity contribution is -0.150. The van der Waals surface area contributed by atoms with Crippen molar-refractivity contribution in [3.8, 4) is 5.75 Å². The molecule has 0 saturated carbocycles. The van der Waals surface area contributed by atoms with Gasteiger partial charge in [0.2, 0.25) is 0 Å². The van der Waals surface area contributed by atoms with Crippen molar-refractivity contribution >= 4 is 11.9 Å². The van der Waals surface area contributed by atoms with Gasteiger partial charge < -0.3 is 15.2 Å². The quantitative estimate of drug-likeness (QED) is 0.612. The first-order chi connectivity index (χ1) is 8.50. The molecule has 0 atom stereocenters. The second-order valence-corrected chi connectivity index (χ2v) is 4.14. The number of carbonyl (C=O) groups excluding carboxylic acids is 1. The first kappa shape index (κ1) is 14.0. The van der Waals surface area contributed by atoms with E-state index in [1.807, 2.05) is 24.3 Å². The minimum atomic E-state index is -1.49. The Morgan fingerprint density at radius 1 is 1.39 bits per heavy atom. The zero-order chi connectivity index (χ0) is 13.5. The van der Waals surface area contributed by atoms with E-state index in [0.29, 0.717) is 11.7 Å². The predicted octanol–water partition coefficient (Wildman–Crippen LogP) is 1.39. The number of amides is 1. The van der Waals surface area contributed by atoms with Crippen LogP contribution in [0.5, 0.6) is 5.75 Å². The van der Waals surface area contributed by atoms with Crippen LogP contribution in [0, 0.1) is 0 Å². The zero-order valence-electron chi connectivity index (χ0n) is 10.5. The van der Waals surface area contributed by atoms with Gasteiger partial charge in [-0.1, -0.05) is 26.0 Å². The Morgan fingerprint density at radius 2 is 2.11 bits per heavy atom. The Hall–Kier alpha value is -2.04. The van der Waals surface area contributed by atoms with Gasteiger partial charge in [-0.25, -0.2) is 4.79 Å². The van der Waals surface area contributed by atoms with Crippen molar-refractivity contribution in [1.29, 1.82) is 0 Å².